The van der Waals surface area contributed by atoms with Crippen LogP contribution in [0.3, 0.4) is 0 Å². The molecule has 0 amide bonds. The highest BCUT2D eigenvalue weighted by Crippen LogP contribution is 2.54. The molecule has 6 aromatic rings. The molecule has 5 nitrogen and oxygen atoms in total. The van der Waals surface area contributed by atoms with Crippen LogP contribution in [0.15, 0.2) is 69.4 Å². The minimum Gasteiger partial charge on any atom is -0.405 e. The van der Waals surface area contributed by atoms with Crippen LogP contribution < -0.4 is 4.74 Å². The van der Waals surface area contributed by atoms with Crippen molar-refractivity contribution >= 4 is 68.2 Å². The van der Waals surface area contributed by atoms with Crippen LogP contribution >= 0.6 is 34.4 Å². The third-order valence-electron chi connectivity index (χ3n) is 9.43. The fraction of sp³-hybridized carbons (Fsp3) is 0.350. The number of hydrogen-bond donors (Lipinski definition) is 0. The van der Waals surface area contributed by atoms with E-state index in [0.717, 1.165) is 103 Å². The number of hydrogen-bond acceptors (Lipinski definition) is 8. The van der Waals surface area contributed by atoms with Gasteiger partial charge in [0.15, 0.2) is 0 Å². The molecule has 0 radical (unpaired) electrons. The molecule has 0 atom stereocenters. The first-order chi connectivity index (χ1) is 25.2. The molecule has 3 aromatic heterocycles. The molecule has 270 valence electrons. The van der Waals surface area contributed by atoms with Crippen molar-refractivity contribution in [2.75, 3.05) is 0 Å². The number of alkyl halides is 3. The number of fused-ring (bicyclic) bond motifs is 2. The van der Waals surface area contributed by atoms with Gasteiger partial charge in [0.1, 0.15) is 28.2 Å². The quantitative estimate of drug-likeness (QED) is 0.0974. The van der Waals surface area contributed by atoms with Crippen molar-refractivity contribution in [1.82, 2.24) is 8.75 Å². The number of nitrogens with zero attached hydrogens (tertiary/aromatic N) is 4. The van der Waals surface area contributed by atoms with Gasteiger partial charge < -0.3 is 4.74 Å². The van der Waals surface area contributed by atoms with Crippen molar-refractivity contribution in [2.24, 2.45) is 8.73 Å². The first-order valence-electron chi connectivity index (χ1n) is 17.8. The molecule has 0 spiro atoms. The second-order valence-electron chi connectivity index (χ2n) is 13.1. The van der Waals surface area contributed by atoms with Crippen LogP contribution in [0.5, 0.6) is 5.75 Å². The SMILES string of the molecule is CCCCCCc1ccc(-c2ccc(-c3c4c(c(-c5ccc(-c6ccc(CCCCCC)c(OC(F)(F)F)c6)s5)c5nsnc35)N=S=N4)s2)cc1C. The number of halogens is 3. The fourth-order valence-corrected chi connectivity index (χ4v) is 9.95. The molecule has 0 bridgehead atoms. The predicted molar refractivity (Wildman–Crippen MR) is 214 cm³/mol. The van der Waals surface area contributed by atoms with E-state index >= 15 is 0 Å². The van der Waals surface area contributed by atoms with Gasteiger partial charge in [0, 0.05) is 30.6 Å². The summed E-state index contributed by atoms with van der Waals surface area (Å²) in [7, 11) is 0. The number of ether oxygens (including phenoxy) is 1. The molecule has 12 heteroatoms. The van der Waals surface area contributed by atoms with E-state index in [0.29, 0.717) is 17.5 Å². The van der Waals surface area contributed by atoms with Crippen LogP contribution in [0, 0.1) is 6.92 Å². The van der Waals surface area contributed by atoms with Crippen LogP contribution in [0.2, 0.25) is 0 Å². The summed E-state index contributed by atoms with van der Waals surface area (Å²) >= 11 is 5.51. The van der Waals surface area contributed by atoms with Gasteiger partial charge >= 0.3 is 6.36 Å². The maximum atomic E-state index is 13.4. The molecule has 1 aliphatic heterocycles. The standard InChI is InChI=1S/C40H39F3N4OS4/c1-4-6-8-10-12-25-14-16-27(22-24(25)3)30-18-20-32(49-30)34-36-38(46-51-44-36)35(39-37(34)45-52-47-39)33-21-19-31(50-33)28-17-15-26(13-11-9-7-5-2)29(23-28)48-40(41,42)43/h14-23H,4-13H2,1-3H3. The van der Waals surface area contributed by atoms with Gasteiger partial charge in [-0.2, -0.15) is 17.5 Å². The lowest BCUT2D eigenvalue weighted by atomic mass is 9.99. The van der Waals surface area contributed by atoms with Gasteiger partial charge in [-0.15, -0.1) is 35.8 Å². The number of rotatable bonds is 15. The van der Waals surface area contributed by atoms with E-state index in [9.17, 15) is 13.2 Å². The highest BCUT2D eigenvalue weighted by molar-refractivity contribution is 7.58. The van der Waals surface area contributed by atoms with Gasteiger partial charge in [0.2, 0.25) is 0 Å². The summed E-state index contributed by atoms with van der Waals surface area (Å²) in [6.45, 7) is 6.56. The molecule has 0 aliphatic carbocycles. The number of aromatic nitrogens is 2. The molecular weight excluding hydrogens is 738 g/mol. The number of unbranched alkanes of at least 4 members (excludes halogenated alkanes) is 6. The Morgan fingerprint density at radius 3 is 1.67 bits per heavy atom. The topological polar surface area (TPSA) is 59.7 Å². The number of benzene rings is 3. The minimum absolute atomic E-state index is 0.137. The lowest BCUT2D eigenvalue weighted by molar-refractivity contribution is -0.274. The van der Waals surface area contributed by atoms with Crippen molar-refractivity contribution in [1.29, 1.82) is 0 Å². The second kappa shape index (κ2) is 16.1. The molecule has 0 saturated carbocycles. The zero-order valence-electron chi connectivity index (χ0n) is 29.3. The zero-order valence-corrected chi connectivity index (χ0v) is 32.6. The molecule has 0 N–H and O–H groups in total. The lowest BCUT2D eigenvalue weighted by Crippen LogP contribution is -2.18. The van der Waals surface area contributed by atoms with Gasteiger partial charge in [0.25, 0.3) is 0 Å². The summed E-state index contributed by atoms with van der Waals surface area (Å²) in [5.74, 6) is -0.137. The zero-order chi connectivity index (χ0) is 36.2. The normalized spacial score (nSPS) is 12.5. The molecule has 1 aliphatic rings. The Morgan fingerprint density at radius 2 is 1.13 bits per heavy atom. The molecule has 0 unspecified atom stereocenters. The summed E-state index contributed by atoms with van der Waals surface area (Å²) in [5.41, 5.74) is 9.97. The summed E-state index contributed by atoms with van der Waals surface area (Å²) < 4.78 is 63.9. The van der Waals surface area contributed by atoms with E-state index in [2.05, 4.69) is 55.8 Å². The van der Waals surface area contributed by atoms with E-state index in [1.165, 1.54) is 64.7 Å². The summed E-state index contributed by atoms with van der Waals surface area (Å²) in [6, 6.07) is 20.2. The van der Waals surface area contributed by atoms with Crippen LogP contribution in [0.25, 0.3) is 52.8 Å². The first kappa shape index (κ1) is 36.6. The highest BCUT2D eigenvalue weighted by Gasteiger charge is 2.32. The van der Waals surface area contributed by atoms with Crippen molar-refractivity contribution in [3.05, 3.63) is 77.4 Å². The van der Waals surface area contributed by atoms with Gasteiger partial charge in [-0.25, -0.2) is 0 Å². The molecule has 7 rings (SSSR count). The van der Waals surface area contributed by atoms with Gasteiger partial charge in [0.05, 0.1) is 23.1 Å². The average molecular weight is 777 g/mol. The molecule has 52 heavy (non-hydrogen) atoms. The fourth-order valence-electron chi connectivity index (χ4n) is 6.73. The first-order valence-corrected chi connectivity index (χ1v) is 20.9. The van der Waals surface area contributed by atoms with Crippen LogP contribution in [0.1, 0.15) is 81.9 Å². The van der Waals surface area contributed by atoms with Crippen molar-refractivity contribution in [3.8, 4) is 47.5 Å². The van der Waals surface area contributed by atoms with Crippen molar-refractivity contribution < 1.29 is 17.9 Å². The monoisotopic (exact) mass is 776 g/mol. The largest absolute Gasteiger partial charge is 0.573 e. The van der Waals surface area contributed by atoms with E-state index in [4.69, 9.17) is 17.5 Å². The molecule has 3 aromatic carbocycles. The van der Waals surface area contributed by atoms with Crippen LogP contribution in [-0.4, -0.2) is 15.1 Å². The smallest absolute Gasteiger partial charge is 0.405 e. The van der Waals surface area contributed by atoms with Crippen LogP contribution in [-0.2, 0) is 24.2 Å². The predicted octanol–water partition coefficient (Wildman–Crippen LogP) is 14.7. The third-order valence-corrected chi connectivity index (χ3v) is 12.8. The molecule has 4 heterocycles. The Balaban J connectivity index is 1.20. The maximum absolute atomic E-state index is 13.4. The molecule has 0 saturated heterocycles. The summed E-state index contributed by atoms with van der Waals surface area (Å²) in [4.78, 5) is 3.95. The summed E-state index contributed by atoms with van der Waals surface area (Å²) in [5, 5.41) is 0. The highest BCUT2D eigenvalue weighted by atomic mass is 32.1. The molecule has 0 fully saturated rings. The van der Waals surface area contributed by atoms with Crippen molar-refractivity contribution in [3.63, 3.8) is 0 Å². The number of thiophene rings is 2. The van der Waals surface area contributed by atoms with Crippen LogP contribution in [0.4, 0.5) is 24.5 Å². The van der Waals surface area contributed by atoms with E-state index in [1.807, 2.05) is 18.2 Å². The van der Waals surface area contributed by atoms with E-state index in [1.54, 1.807) is 17.4 Å². The Bertz CT molecular complexity index is 2280. The minimum atomic E-state index is -4.77. The maximum Gasteiger partial charge on any atom is 0.573 e. The summed E-state index contributed by atoms with van der Waals surface area (Å²) in [6.07, 6.45) is 5.79. The Kier molecular flexibility index (Phi) is 11.4. The second-order valence-corrected chi connectivity index (χ2v) is 16.4. The lowest BCUT2D eigenvalue weighted by Gasteiger charge is -2.14. The Morgan fingerprint density at radius 1 is 0.615 bits per heavy atom. The van der Waals surface area contributed by atoms with E-state index < -0.39 is 6.36 Å². The average Bonchev–Trinajstić information content (AvgIpc) is 3.96. The Labute approximate surface area is 318 Å². The molecular formula is C40H39F3N4OS4. The van der Waals surface area contributed by atoms with Crippen molar-refractivity contribution in [2.45, 2.75) is 91.3 Å². The number of aryl methyl sites for hydroxylation is 3. The van der Waals surface area contributed by atoms with E-state index in [-0.39, 0.29) is 5.75 Å². The Hall–Kier alpha value is -3.71. The van der Waals surface area contributed by atoms with Gasteiger partial charge in [-0.05, 0) is 90.8 Å². The van der Waals surface area contributed by atoms with Gasteiger partial charge in [-0.3, -0.25) is 0 Å². The van der Waals surface area contributed by atoms with Gasteiger partial charge in [-0.1, -0.05) is 82.7 Å². The third kappa shape index (κ3) is 7.95.